The van der Waals surface area contributed by atoms with Crippen molar-refractivity contribution in [1.29, 1.82) is 0 Å². The largest absolute Gasteiger partial charge is 0.493 e. The Morgan fingerprint density at radius 3 is 2.53 bits per heavy atom. The summed E-state index contributed by atoms with van der Waals surface area (Å²) in [6.07, 6.45) is 1.83. The van der Waals surface area contributed by atoms with Gasteiger partial charge < -0.3 is 19.1 Å². The molecule has 0 saturated carbocycles. The summed E-state index contributed by atoms with van der Waals surface area (Å²) in [5.41, 5.74) is 5.35. The third kappa shape index (κ3) is 5.69. The van der Waals surface area contributed by atoms with Crippen LogP contribution >= 0.6 is 15.9 Å². The van der Waals surface area contributed by atoms with E-state index in [-0.39, 0.29) is 0 Å². The zero-order chi connectivity index (χ0) is 22.3. The molecule has 3 aromatic carbocycles. The molecular formula is C26H27BrN2O3. The van der Waals surface area contributed by atoms with E-state index in [0.717, 1.165) is 47.6 Å². The van der Waals surface area contributed by atoms with Crippen LogP contribution in [0.2, 0.25) is 0 Å². The maximum absolute atomic E-state index is 6.03. The van der Waals surface area contributed by atoms with E-state index in [2.05, 4.69) is 63.1 Å². The van der Waals surface area contributed by atoms with E-state index in [1.54, 1.807) is 7.11 Å². The summed E-state index contributed by atoms with van der Waals surface area (Å²) < 4.78 is 17.9. The van der Waals surface area contributed by atoms with Gasteiger partial charge in [0.05, 0.1) is 26.0 Å². The fraction of sp³-hybridized carbons (Fsp3) is 0.269. The van der Waals surface area contributed by atoms with E-state index in [4.69, 9.17) is 14.2 Å². The number of benzene rings is 3. The molecular weight excluding hydrogens is 468 g/mol. The van der Waals surface area contributed by atoms with Crippen LogP contribution in [0.1, 0.15) is 16.7 Å². The molecule has 0 spiro atoms. The number of hydrogen-bond donors (Lipinski definition) is 0. The second kappa shape index (κ2) is 10.7. The highest BCUT2D eigenvalue weighted by Gasteiger charge is 2.12. The molecule has 1 heterocycles. The lowest BCUT2D eigenvalue weighted by Crippen LogP contribution is -2.36. The van der Waals surface area contributed by atoms with Gasteiger partial charge in [-0.2, -0.15) is 0 Å². The quantitative estimate of drug-likeness (QED) is 0.381. The maximum Gasteiger partial charge on any atom is 0.162 e. The highest BCUT2D eigenvalue weighted by molar-refractivity contribution is 9.10. The summed E-state index contributed by atoms with van der Waals surface area (Å²) in [5.74, 6) is 1.36. The number of nitrogens with zero attached hydrogens (tertiary/aromatic N) is 2. The number of aliphatic imine (C=N–C) groups is 1. The molecule has 0 aromatic heterocycles. The summed E-state index contributed by atoms with van der Waals surface area (Å²) in [6, 6.07) is 20.4. The molecule has 4 rings (SSSR count). The summed E-state index contributed by atoms with van der Waals surface area (Å²) in [7, 11) is 1.65. The Labute approximate surface area is 197 Å². The van der Waals surface area contributed by atoms with Crippen LogP contribution in [0.4, 0.5) is 11.4 Å². The molecule has 1 fully saturated rings. The van der Waals surface area contributed by atoms with Crippen molar-refractivity contribution in [3.63, 3.8) is 0 Å². The third-order valence-electron chi connectivity index (χ3n) is 5.34. The summed E-state index contributed by atoms with van der Waals surface area (Å²) >= 11 is 3.64. The number of aryl methyl sites for hydroxylation is 1. The molecule has 5 nitrogen and oxygen atoms in total. The summed E-state index contributed by atoms with van der Waals surface area (Å²) in [4.78, 5) is 6.96. The zero-order valence-corrected chi connectivity index (χ0v) is 20.0. The van der Waals surface area contributed by atoms with Crippen molar-refractivity contribution in [2.24, 2.45) is 4.99 Å². The standard InChI is InChI=1S/C26H27BrN2O3/c1-19-4-3-5-20(14-19)18-32-26-16-24(27)21(15-25(26)30-2)17-28-22-6-8-23(9-7-22)29-10-12-31-13-11-29/h3-9,14-17H,10-13,18H2,1-2H3. The first kappa shape index (κ1) is 22.4. The first-order valence-electron chi connectivity index (χ1n) is 10.6. The number of hydrogen-bond acceptors (Lipinski definition) is 5. The predicted molar refractivity (Wildman–Crippen MR) is 133 cm³/mol. The minimum absolute atomic E-state index is 0.480. The first-order chi connectivity index (χ1) is 15.6. The normalized spacial score (nSPS) is 14.0. The van der Waals surface area contributed by atoms with Crippen LogP contribution in [0.3, 0.4) is 0 Å². The Morgan fingerprint density at radius 1 is 1.03 bits per heavy atom. The molecule has 166 valence electrons. The Balaban J connectivity index is 1.45. The molecule has 3 aromatic rings. The van der Waals surface area contributed by atoms with Crippen molar-refractivity contribution < 1.29 is 14.2 Å². The lowest BCUT2D eigenvalue weighted by Gasteiger charge is -2.28. The van der Waals surface area contributed by atoms with Crippen LogP contribution < -0.4 is 14.4 Å². The van der Waals surface area contributed by atoms with Crippen molar-refractivity contribution in [2.75, 3.05) is 38.3 Å². The third-order valence-corrected chi connectivity index (χ3v) is 6.03. The molecule has 0 atom stereocenters. The summed E-state index contributed by atoms with van der Waals surface area (Å²) in [6.45, 7) is 5.96. The monoisotopic (exact) mass is 494 g/mol. The number of ether oxygens (including phenoxy) is 3. The SMILES string of the molecule is COc1cc(C=Nc2ccc(N3CCOCC3)cc2)c(Br)cc1OCc1cccc(C)c1. The van der Waals surface area contributed by atoms with Gasteiger partial charge in [-0.15, -0.1) is 0 Å². The van der Waals surface area contributed by atoms with Gasteiger partial charge in [0.1, 0.15) is 6.61 Å². The van der Waals surface area contributed by atoms with Gasteiger partial charge in [0, 0.05) is 35.0 Å². The van der Waals surface area contributed by atoms with E-state index in [9.17, 15) is 0 Å². The number of anilines is 1. The number of methoxy groups -OCH3 is 1. The van der Waals surface area contributed by atoms with Gasteiger partial charge in [-0.1, -0.05) is 29.8 Å². The van der Waals surface area contributed by atoms with Gasteiger partial charge in [0.15, 0.2) is 11.5 Å². The number of morpholine rings is 1. The van der Waals surface area contributed by atoms with Crippen LogP contribution in [-0.4, -0.2) is 39.6 Å². The van der Waals surface area contributed by atoms with Gasteiger partial charge in [0.25, 0.3) is 0 Å². The molecule has 1 aliphatic rings. The minimum Gasteiger partial charge on any atom is -0.493 e. The van der Waals surface area contributed by atoms with Crippen molar-refractivity contribution in [3.8, 4) is 11.5 Å². The van der Waals surface area contributed by atoms with Gasteiger partial charge in [-0.25, -0.2) is 0 Å². The lowest BCUT2D eigenvalue weighted by molar-refractivity contribution is 0.122. The average Bonchev–Trinajstić information content (AvgIpc) is 2.83. The minimum atomic E-state index is 0.480. The summed E-state index contributed by atoms with van der Waals surface area (Å²) in [5, 5.41) is 0. The van der Waals surface area contributed by atoms with Crippen molar-refractivity contribution >= 4 is 33.5 Å². The highest BCUT2D eigenvalue weighted by atomic mass is 79.9. The molecule has 0 amide bonds. The number of halogens is 1. The smallest absolute Gasteiger partial charge is 0.162 e. The Hall–Kier alpha value is -2.83. The molecule has 0 bridgehead atoms. The van der Waals surface area contributed by atoms with Gasteiger partial charge in [-0.05, 0) is 64.8 Å². The lowest BCUT2D eigenvalue weighted by atomic mass is 10.1. The van der Waals surface area contributed by atoms with Gasteiger partial charge >= 0.3 is 0 Å². The predicted octanol–water partition coefficient (Wildman–Crippen LogP) is 5.93. The van der Waals surface area contributed by atoms with Crippen LogP contribution in [-0.2, 0) is 11.3 Å². The highest BCUT2D eigenvalue weighted by Crippen LogP contribution is 2.34. The maximum atomic E-state index is 6.03. The van der Waals surface area contributed by atoms with E-state index in [1.165, 1.54) is 11.3 Å². The Morgan fingerprint density at radius 2 is 1.81 bits per heavy atom. The molecule has 1 aliphatic heterocycles. The molecule has 1 saturated heterocycles. The molecule has 0 unspecified atom stereocenters. The van der Waals surface area contributed by atoms with Crippen molar-refractivity contribution in [2.45, 2.75) is 13.5 Å². The van der Waals surface area contributed by atoms with E-state index < -0.39 is 0 Å². The van der Waals surface area contributed by atoms with Crippen LogP contribution in [0.15, 0.2) is 70.1 Å². The average molecular weight is 495 g/mol. The second-order valence-corrected chi connectivity index (χ2v) is 8.53. The van der Waals surface area contributed by atoms with Crippen LogP contribution in [0.25, 0.3) is 0 Å². The molecule has 32 heavy (non-hydrogen) atoms. The van der Waals surface area contributed by atoms with Crippen molar-refractivity contribution in [3.05, 3.63) is 81.8 Å². The first-order valence-corrected chi connectivity index (χ1v) is 11.4. The van der Waals surface area contributed by atoms with E-state index in [0.29, 0.717) is 18.1 Å². The Kier molecular flexibility index (Phi) is 7.45. The number of rotatable bonds is 7. The van der Waals surface area contributed by atoms with Crippen LogP contribution in [0.5, 0.6) is 11.5 Å². The van der Waals surface area contributed by atoms with E-state index in [1.807, 2.05) is 36.5 Å². The molecule has 0 aliphatic carbocycles. The Bertz CT molecular complexity index is 1080. The molecule has 0 radical (unpaired) electrons. The van der Waals surface area contributed by atoms with Gasteiger partial charge in [-0.3, -0.25) is 4.99 Å². The molecule has 0 N–H and O–H groups in total. The molecule has 6 heteroatoms. The topological polar surface area (TPSA) is 43.3 Å². The van der Waals surface area contributed by atoms with Gasteiger partial charge in [0.2, 0.25) is 0 Å². The fourth-order valence-corrected chi connectivity index (χ4v) is 4.03. The van der Waals surface area contributed by atoms with Crippen LogP contribution in [0, 0.1) is 6.92 Å². The zero-order valence-electron chi connectivity index (χ0n) is 18.4. The van der Waals surface area contributed by atoms with E-state index >= 15 is 0 Å². The van der Waals surface area contributed by atoms with Crippen molar-refractivity contribution in [1.82, 2.24) is 0 Å². The second-order valence-electron chi connectivity index (χ2n) is 7.68. The fourth-order valence-electron chi connectivity index (χ4n) is 3.60.